The molecule has 0 saturated carbocycles. The lowest BCUT2D eigenvalue weighted by Gasteiger charge is -2.32. The highest BCUT2D eigenvalue weighted by Gasteiger charge is 2.53. The molecule has 7 heteroatoms. The average molecular weight is 336 g/mol. The predicted molar refractivity (Wildman–Crippen MR) is 92.0 cm³/mol. The summed E-state index contributed by atoms with van der Waals surface area (Å²) >= 11 is 0. The third-order valence-electron chi connectivity index (χ3n) is 5.42. The fourth-order valence-corrected chi connectivity index (χ4v) is 3.18. The summed E-state index contributed by atoms with van der Waals surface area (Å²) in [6.45, 7) is 11.5. The van der Waals surface area contributed by atoms with E-state index in [1.165, 1.54) is 0 Å². The molecule has 2 aliphatic heterocycles. The fourth-order valence-electron chi connectivity index (χ4n) is 3.18. The van der Waals surface area contributed by atoms with Gasteiger partial charge >= 0.3 is 7.12 Å². The van der Waals surface area contributed by atoms with Gasteiger partial charge in [0.15, 0.2) is 6.29 Å². The van der Waals surface area contributed by atoms with Crippen LogP contribution in [0.1, 0.15) is 58.3 Å². The minimum absolute atomic E-state index is 0.125. The Morgan fingerprint density at radius 2 is 1.88 bits per heavy atom. The van der Waals surface area contributed by atoms with Crippen molar-refractivity contribution in [1.29, 1.82) is 0 Å². The van der Waals surface area contributed by atoms with Crippen LogP contribution in [0.15, 0.2) is 0 Å². The molecule has 0 amide bonds. The zero-order valence-electron chi connectivity index (χ0n) is 15.7. The maximum atomic E-state index is 6.21. The summed E-state index contributed by atoms with van der Waals surface area (Å²) in [5.41, 5.74) is 2.14. The minimum atomic E-state index is -0.422. The smallest absolute Gasteiger partial charge is 0.399 e. The van der Waals surface area contributed by atoms with Crippen molar-refractivity contribution in [3.05, 3.63) is 11.4 Å². The predicted octanol–water partition coefficient (Wildman–Crippen LogP) is 2.07. The Bertz CT molecular complexity index is 578. The molecule has 0 spiro atoms. The van der Waals surface area contributed by atoms with Gasteiger partial charge < -0.3 is 18.8 Å². The van der Waals surface area contributed by atoms with E-state index in [1.807, 2.05) is 18.7 Å². The number of aromatic nitrogens is 2. The molecule has 24 heavy (non-hydrogen) atoms. The fraction of sp³-hybridized carbons (Fsp3) is 0.824. The Hall–Kier alpha value is -0.885. The molecule has 2 fully saturated rings. The molecule has 0 aliphatic carbocycles. The van der Waals surface area contributed by atoms with Crippen molar-refractivity contribution in [2.45, 2.75) is 78.0 Å². The van der Waals surface area contributed by atoms with Gasteiger partial charge in [-0.3, -0.25) is 4.68 Å². The van der Waals surface area contributed by atoms with Crippen molar-refractivity contribution in [2.24, 2.45) is 7.05 Å². The standard InChI is InChI=1S/C17H29BN2O4/c1-12-15(18-23-16(2,3)17(4,5)24-18)13(20(6)19-12)11-22-14-9-7-8-10-21-14/h14H,7-11H2,1-6H3. The lowest BCUT2D eigenvalue weighted by atomic mass is 9.77. The monoisotopic (exact) mass is 336 g/mol. The maximum Gasteiger partial charge on any atom is 0.498 e. The summed E-state index contributed by atoms with van der Waals surface area (Å²) in [7, 11) is 1.51. The molecule has 0 aromatic carbocycles. The summed E-state index contributed by atoms with van der Waals surface area (Å²) in [6.07, 6.45) is 3.09. The number of nitrogens with zero attached hydrogens (tertiary/aromatic N) is 2. The van der Waals surface area contributed by atoms with Gasteiger partial charge in [0.05, 0.1) is 29.2 Å². The Morgan fingerprint density at radius 3 is 2.46 bits per heavy atom. The van der Waals surface area contributed by atoms with Crippen LogP contribution < -0.4 is 5.46 Å². The number of ether oxygens (including phenoxy) is 2. The summed E-state index contributed by atoms with van der Waals surface area (Å²) in [6, 6.07) is 0. The Kier molecular flexibility index (Phi) is 4.81. The minimum Gasteiger partial charge on any atom is -0.399 e. The molecule has 0 radical (unpaired) electrons. The first-order valence-electron chi connectivity index (χ1n) is 8.82. The summed E-state index contributed by atoms with van der Waals surface area (Å²) in [5.74, 6) is 0. The Morgan fingerprint density at radius 1 is 1.21 bits per heavy atom. The van der Waals surface area contributed by atoms with E-state index in [0.717, 1.165) is 42.7 Å². The SMILES string of the molecule is Cc1nn(C)c(COC2CCCCO2)c1B1OC(C)(C)C(C)(C)O1. The molecular weight excluding hydrogens is 307 g/mol. The normalized spacial score (nSPS) is 26.1. The highest BCUT2D eigenvalue weighted by Crippen LogP contribution is 2.37. The summed E-state index contributed by atoms with van der Waals surface area (Å²) in [4.78, 5) is 0. The van der Waals surface area contributed by atoms with Crippen LogP contribution in [0.25, 0.3) is 0 Å². The molecule has 1 aromatic rings. The van der Waals surface area contributed by atoms with Gasteiger partial charge in [0, 0.05) is 19.1 Å². The molecule has 2 aliphatic rings. The van der Waals surface area contributed by atoms with Crippen molar-refractivity contribution in [3.63, 3.8) is 0 Å². The van der Waals surface area contributed by atoms with Crippen molar-refractivity contribution in [3.8, 4) is 0 Å². The van der Waals surface area contributed by atoms with E-state index < -0.39 is 7.12 Å². The van der Waals surface area contributed by atoms with Crippen LogP contribution in [0.5, 0.6) is 0 Å². The van der Waals surface area contributed by atoms with E-state index in [1.54, 1.807) is 0 Å². The van der Waals surface area contributed by atoms with E-state index in [2.05, 4.69) is 32.8 Å². The zero-order chi connectivity index (χ0) is 17.5. The molecule has 1 atom stereocenters. The molecule has 3 heterocycles. The van der Waals surface area contributed by atoms with Gasteiger partial charge in [0.25, 0.3) is 0 Å². The van der Waals surface area contributed by atoms with Crippen LogP contribution in [0.3, 0.4) is 0 Å². The van der Waals surface area contributed by atoms with E-state index in [-0.39, 0.29) is 17.5 Å². The molecule has 6 nitrogen and oxygen atoms in total. The third-order valence-corrected chi connectivity index (χ3v) is 5.42. The highest BCUT2D eigenvalue weighted by atomic mass is 16.7. The van der Waals surface area contributed by atoms with Crippen LogP contribution >= 0.6 is 0 Å². The molecular formula is C17H29BN2O4. The largest absolute Gasteiger partial charge is 0.498 e. The first-order valence-corrected chi connectivity index (χ1v) is 8.82. The topological polar surface area (TPSA) is 54.7 Å². The third kappa shape index (κ3) is 3.27. The average Bonchev–Trinajstić information content (AvgIpc) is 2.89. The van der Waals surface area contributed by atoms with Crippen molar-refractivity contribution in [2.75, 3.05) is 6.61 Å². The molecule has 134 valence electrons. The van der Waals surface area contributed by atoms with Crippen LogP contribution in [0.4, 0.5) is 0 Å². The lowest BCUT2D eigenvalue weighted by Crippen LogP contribution is -2.41. The molecule has 1 aromatic heterocycles. The van der Waals surface area contributed by atoms with E-state index in [4.69, 9.17) is 18.8 Å². The quantitative estimate of drug-likeness (QED) is 0.788. The summed E-state index contributed by atoms with van der Waals surface area (Å²) < 4.78 is 25.9. The molecule has 0 N–H and O–H groups in total. The second kappa shape index (κ2) is 6.44. The molecule has 2 saturated heterocycles. The Labute approximate surface area is 144 Å². The van der Waals surface area contributed by atoms with Gasteiger partial charge in [-0.15, -0.1) is 0 Å². The zero-order valence-corrected chi connectivity index (χ0v) is 15.7. The number of rotatable bonds is 4. The lowest BCUT2D eigenvalue weighted by molar-refractivity contribution is -0.169. The Balaban J connectivity index is 1.79. The van der Waals surface area contributed by atoms with Crippen molar-refractivity contribution >= 4 is 12.6 Å². The first-order chi connectivity index (χ1) is 11.2. The molecule has 1 unspecified atom stereocenters. The molecule has 0 bridgehead atoms. The van der Waals surface area contributed by atoms with Crippen LogP contribution in [-0.4, -0.2) is 41.0 Å². The van der Waals surface area contributed by atoms with Crippen molar-refractivity contribution in [1.82, 2.24) is 9.78 Å². The van der Waals surface area contributed by atoms with Crippen LogP contribution in [-0.2, 0) is 32.4 Å². The second-order valence-electron chi connectivity index (χ2n) is 7.76. The van der Waals surface area contributed by atoms with Gasteiger partial charge in [-0.25, -0.2) is 0 Å². The van der Waals surface area contributed by atoms with Crippen LogP contribution in [0.2, 0.25) is 0 Å². The van der Waals surface area contributed by atoms with Gasteiger partial charge in [-0.1, -0.05) is 0 Å². The maximum absolute atomic E-state index is 6.21. The van der Waals surface area contributed by atoms with Gasteiger partial charge in [0.1, 0.15) is 0 Å². The van der Waals surface area contributed by atoms with Crippen LogP contribution in [0, 0.1) is 6.92 Å². The molecule has 3 rings (SSSR count). The van der Waals surface area contributed by atoms with Gasteiger partial charge in [0.2, 0.25) is 0 Å². The summed E-state index contributed by atoms with van der Waals surface area (Å²) in [5, 5.41) is 4.55. The highest BCUT2D eigenvalue weighted by molar-refractivity contribution is 6.63. The van der Waals surface area contributed by atoms with Gasteiger partial charge in [-0.05, 0) is 53.9 Å². The van der Waals surface area contributed by atoms with E-state index in [9.17, 15) is 0 Å². The van der Waals surface area contributed by atoms with Crippen molar-refractivity contribution < 1.29 is 18.8 Å². The first kappa shape index (κ1) is 17.9. The van der Waals surface area contributed by atoms with E-state index in [0.29, 0.717) is 6.61 Å². The van der Waals surface area contributed by atoms with E-state index >= 15 is 0 Å². The number of hydrogen-bond donors (Lipinski definition) is 0. The van der Waals surface area contributed by atoms with Gasteiger partial charge in [-0.2, -0.15) is 5.10 Å². The second-order valence-corrected chi connectivity index (χ2v) is 7.76. The number of hydrogen-bond acceptors (Lipinski definition) is 5. The number of aryl methyl sites for hydroxylation is 2.